The zero-order chi connectivity index (χ0) is 11.8. The van der Waals surface area contributed by atoms with Crippen molar-refractivity contribution in [2.24, 2.45) is 5.84 Å². The fourth-order valence-corrected chi connectivity index (χ4v) is 1.83. The Morgan fingerprint density at radius 2 is 1.88 bits per heavy atom. The first-order chi connectivity index (χ1) is 7.77. The van der Waals surface area contributed by atoms with Gasteiger partial charge in [0.15, 0.2) is 0 Å². The topological polar surface area (TPSA) is 58.3 Å². The van der Waals surface area contributed by atoms with Crippen LogP contribution in [0.15, 0.2) is 24.3 Å². The van der Waals surface area contributed by atoms with Gasteiger partial charge in [0.25, 0.3) is 0 Å². The number of nitrogens with one attached hydrogen (secondary N) is 1. The molecule has 0 amide bonds. The molecule has 0 fully saturated rings. The molecule has 16 heavy (non-hydrogen) atoms. The summed E-state index contributed by atoms with van der Waals surface area (Å²) in [6, 6.07) is 7.43. The van der Waals surface area contributed by atoms with Crippen molar-refractivity contribution in [3.8, 4) is 5.75 Å². The van der Waals surface area contributed by atoms with E-state index in [9.17, 15) is 5.11 Å². The van der Waals surface area contributed by atoms with E-state index in [0.29, 0.717) is 5.75 Å². The van der Waals surface area contributed by atoms with Gasteiger partial charge in [-0.15, -0.1) is 0 Å². The lowest BCUT2D eigenvalue weighted by molar-refractivity contribution is 0.469. The molecule has 0 aromatic heterocycles. The van der Waals surface area contributed by atoms with Gasteiger partial charge in [-0.2, -0.15) is 0 Å². The predicted molar refractivity (Wildman–Crippen MR) is 66.9 cm³/mol. The van der Waals surface area contributed by atoms with Gasteiger partial charge in [-0.3, -0.25) is 11.3 Å². The second kappa shape index (κ2) is 7.25. The maximum atomic E-state index is 9.21. The van der Waals surface area contributed by atoms with Crippen molar-refractivity contribution in [2.75, 3.05) is 0 Å². The highest BCUT2D eigenvalue weighted by atomic mass is 16.3. The molecule has 3 heteroatoms. The number of hydrazine groups is 1. The van der Waals surface area contributed by atoms with Crippen molar-refractivity contribution in [1.82, 2.24) is 5.43 Å². The van der Waals surface area contributed by atoms with Crippen molar-refractivity contribution in [1.29, 1.82) is 0 Å². The number of hydrogen-bond donors (Lipinski definition) is 3. The van der Waals surface area contributed by atoms with Crippen molar-refractivity contribution in [3.63, 3.8) is 0 Å². The summed E-state index contributed by atoms with van der Waals surface area (Å²) in [4.78, 5) is 0. The van der Waals surface area contributed by atoms with E-state index in [1.807, 2.05) is 12.1 Å². The van der Waals surface area contributed by atoms with E-state index < -0.39 is 0 Å². The Kier molecular flexibility index (Phi) is 5.90. The summed E-state index contributed by atoms with van der Waals surface area (Å²) in [6.45, 7) is 2.21. The lowest BCUT2D eigenvalue weighted by Crippen LogP contribution is -2.27. The highest BCUT2D eigenvalue weighted by molar-refractivity contribution is 5.27. The molecule has 0 aliphatic carbocycles. The van der Waals surface area contributed by atoms with Crippen LogP contribution in [-0.2, 0) is 0 Å². The summed E-state index contributed by atoms with van der Waals surface area (Å²) in [5.41, 5.74) is 3.97. The summed E-state index contributed by atoms with van der Waals surface area (Å²) in [6.07, 6.45) is 6.02. The van der Waals surface area contributed by atoms with E-state index in [-0.39, 0.29) is 6.04 Å². The van der Waals surface area contributed by atoms with E-state index in [0.717, 1.165) is 12.0 Å². The van der Waals surface area contributed by atoms with E-state index in [1.165, 1.54) is 25.7 Å². The Morgan fingerprint density at radius 1 is 1.19 bits per heavy atom. The van der Waals surface area contributed by atoms with Crippen molar-refractivity contribution in [3.05, 3.63) is 29.8 Å². The number of aromatic hydroxyl groups is 1. The molecule has 0 radical (unpaired) electrons. The number of benzene rings is 1. The molecule has 0 spiro atoms. The third kappa shape index (κ3) is 4.21. The number of hydrogen-bond acceptors (Lipinski definition) is 3. The Bertz CT molecular complexity index is 284. The largest absolute Gasteiger partial charge is 0.508 e. The zero-order valence-corrected chi connectivity index (χ0v) is 9.95. The average Bonchev–Trinajstić information content (AvgIpc) is 2.31. The van der Waals surface area contributed by atoms with Crippen LogP contribution in [0.3, 0.4) is 0 Å². The zero-order valence-electron chi connectivity index (χ0n) is 9.95. The molecular weight excluding hydrogens is 200 g/mol. The molecule has 0 saturated heterocycles. The second-order valence-corrected chi connectivity index (χ2v) is 4.16. The molecule has 1 rings (SSSR count). The minimum absolute atomic E-state index is 0.192. The van der Waals surface area contributed by atoms with Crippen LogP contribution in [0.2, 0.25) is 0 Å². The Morgan fingerprint density at radius 3 is 2.44 bits per heavy atom. The first kappa shape index (κ1) is 13.0. The average molecular weight is 222 g/mol. The third-order valence-corrected chi connectivity index (χ3v) is 2.84. The maximum Gasteiger partial charge on any atom is 0.115 e. The van der Waals surface area contributed by atoms with E-state index in [4.69, 9.17) is 5.84 Å². The highest BCUT2D eigenvalue weighted by Crippen LogP contribution is 2.21. The molecule has 0 aliphatic heterocycles. The maximum absolute atomic E-state index is 9.21. The number of phenolic OH excluding ortho intramolecular Hbond substituents is 1. The number of phenols is 1. The van der Waals surface area contributed by atoms with Gasteiger partial charge in [0.05, 0.1) is 0 Å². The first-order valence-electron chi connectivity index (χ1n) is 6.03. The summed E-state index contributed by atoms with van der Waals surface area (Å²) in [5, 5.41) is 9.21. The minimum Gasteiger partial charge on any atom is -0.508 e. The van der Waals surface area contributed by atoms with E-state index >= 15 is 0 Å². The fraction of sp³-hybridized carbons (Fsp3) is 0.538. The molecule has 3 nitrogen and oxygen atoms in total. The Labute approximate surface area is 97.6 Å². The van der Waals surface area contributed by atoms with Crippen LogP contribution in [0, 0.1) is 0 Å². The Hall–Kier alpha value is -1.06. The molecule has 0 bridgehead atoms. The van der Waals surface area contributed by atoms with Crippen LogP contribution < -0.4 is 11.3 Å². The van der Waals surface area contributed by atoms with Gasteiger partial charge < -0.3 is 5.11 Å². The number of rotatable bonds is 7. The van der Waals surface area contributed by atoms with Crippen molar-refractivity contribution < 1.29 is 5.11 Å². The summed E-state index contributed by atoms with van der Waals surface area (Å²) < 4.78 is 0. The summed E-state index contributed by atoms with van der Waals surface area (Å²) in [7, 11) is 0. The van der Waals surface area contributed by atoms with Crippen LogP contribution in [0.25, 0.3) is 0 Å². The third-order valence-electron chi connectivity index (χ3n) is 2.84. The van der Waals surface area contributed by atoms with Gasteiger partial charge in [0.2, 0.25) is 0 Å². The minimum atomic E-state index is 0.192. The molecule has 0 saturated carbocycles. The lowest BCUT2D eigenvalue weighted by Gasteiger charge is -2.16. The van der Waals surface area contributed by atoms with Crippen LogP contribution in [0.5, 0.6) is 5.75 Å². The molecule has 0 heterocycles. The van der Waals surface area contributed by atoms with E-state index in [1.54, 1.807) is 12.1 Å². The van der Waals surface area contributed by atoms with Crippen molar-refractivity contribution >= 4 is 0 Å². The van der Waals surface area contributed by atoms with Gasteiger partial charge >= 0.3 is 0 Å². The summed E-state index contributed by atoms with van der Waals surface area (Å²) in [5.74, 6) is 5.84. The second-order valence-electron chi connectivity index (χ2n) is 4.16. The van der Waals surface area contributed by atoms with Gasteiger partial charge in [0, 0.05) is 6.04 Å². The summed E-state index contributed by atoms with van der Waals surface area (Å²) >= 11 is 0. The van der Waals surface area contributed by atoms with Crippen LogP contribution >= 0.6 is 0 Å². The predicted octanol–water partition coefficient (Wildman–Crippen LogP) is 2.87. The van der Waals surface area contributed by atoms with Gasteiger partial charge in [-0.05, 0) is 24.1 Å². The van der Waals surface area contributed by atoms with Crippen LogP contribution in [-0.4, -0.2) is 5.11 Å². The molecule has 1 atom stereocenters. The standard InChI is InChI=1S/C13H22N2O/c1-2-3-4-5-6-13(15-14)11-7-9-12(16)10-8-11/h7-10,13,15-16H,2-6,14H2,1H3/t13-/m0/s1. The monoisotopic (exact) mass is 222 g/mol. The Balaban J connectivity index is 2.44. The molecule has 0 aliphatic rings. The molecule has 1 aromatic rings. The molecular formula is C13H22N2O. The lowest BCUT2D eigenvalue weighted by atomic mass is 10.0. The molecule has 90 valence electrons. The van der Waals surface area contributed by atoms with Crippen LogP contribution in [0.4, 0.5) is 0 Å². The van der Waals surface area contributed by atoms with Crippen molar-refractivity contribution in [2.45, 2.75) is 45.1 Å². The molecule has 0 unspecified atom stereocenters. The molecule has 1 aromatic carbocycles. The SMILES string of the molecule is CCCCCC[C@H](NN)c1ccc(O)cc1. The fourth-order valence-electron chi connectivity index (χ4n) is 1.83. The van der Waals surface area contributed by atoms with Crippen LogP contribution in [0.1, 0.15) is 50.6 Å². The quantitative estimate of drug-likeness (QED) is 0.378. The first-order valence-corrected chi connectivity index (χ1v) is 6.03. The van der Waals surface area contributed by atoms with Gasteiger partial charge in [-0.25, -0.2) is 0 Å². The van der Waals surface area contributed by atoms with E-state index in [2.05, 4.69) is 12.3 Å². The van der Waals surface area contributed by atoms with Gasteiger partial charge in [0.1, 0.15) is 5.75 Å². The molecule has 4 N–H and O–H groups in total. The number of unbranched alkanes of at least 4 members (excludes halogenated alkanes) is 3. The normalized spacial score (nSPS) is 12.6. The number of nitrogens with two attached hydrogens (primary N) is 1. The van der Waals surface area contributed by atoms with Gasteiger partial charge in [-0.1, -0.05) is 44.7 Å². The highest BCUT2D eigenvalue weighted by Gasteiger charge is 2.08. The smallest absolute Gasteiger partial charge is 0.115 e.